The molecule has 1 amide bonds. The van der Waals surface area contributed by atoms with Gasteiger partial charge in [-0.3, -0.25) is 4.79 Å². The minimum absolute atomic E-state index is 0.0309. The molecule has 1 fully saturated rings. The van der Waals surface area contributed by atoms with Gasteiger partial charge in [0.1, 0.15) is 5.75 Å². The van der Waals surface area contributed by atoms with E-state index < -0.39 is 0 Å². The van der Waals surface area contributed by atoms with Crippen molar-refractivity contribution in [2.45, 2.75) is 38.1 Å². The number of halogens is 1. The molecule has 24 heavy (non-hydrogen) atoms. The fraction of sp³-hybridized carbons (Fsp3) is 0.350. The maximum Gasteiger partial charge on any atom is 0.251 e. The van der Waals surface area contributed by atoms with E-state index in [0.717, 1.165) is 28.6 Å². The van der Waals surface area contributed by atoms with Crippen molar-refractivity contribution < 1.29 is 9.53 Å². The number of carbonyl (C=O) groups is 1. The van der Waals surface area contributed by atoms with Gasteiger partial charge in [0.05, 0.1) is 7.11 Å². The van der Waals surface area contributed by atoms with Gasteiger partial charge in [-0.25, -0.2) is 0 Å². The van der Waals surface area contributed by atoms with E-state index in [0.29, 0.717) is 5.56 Å². The normalized spacial score (nSPS) is 16.3. The maximum atomic E-state index is 12.6. The second kappa shape index (κ2) is 6.60. The molecule has 1 saturated carbocycles. The zero-order chi connectivity index (χ0) is 17.3. The Morgan fingerprint density at radius 3 is 2.42 bits per heavy atom. The third-order valence-electron chi connectivity index (χ3n) is 5.04. The average Bonchev–Trinajstić information content (AvgIpc) is 3.37. The van der Waals surface area contributed by atoms with Crippen LogP contribution in [0.15, 0.2) is 46.9 Å². The lowest BCUT2D eigenvalue weighted by atomic mass is 9.89. The minimum atomic E-state index is -0.0309. The lowest BCUT2D eigenvalue weighted by molar-refractivity contribution is 0.0931. The van der Waals surface area contributed by atoms with E-state index in [2.05, 4.69) is 52.4 Å². The van der Waals surface area contributed by atoms with Gasteiger partial charge in [0, 0.05) is 21.5 Å². The van der Waals surface area contributed by atoms with E-state index in [9.17, 15) is 4.79 Å². The van der Waals surface area contributed by atoms with Crippen LogP contribution in [-0.4, -0.2) is 19.1 Å². The summed E-state index contributed by atoms with van der Waals surface area (Å²) < 4.78 is 6.33. The lowest BCUT2D eigenvalue weighted by Crippen LogP contribution is -2.41. The molecule has 3 nitrogen and oxygen atoms in total. The van der Waals surface area contributed by atoms with Crippen LogP contribution in [0.4, 0.5) is 0 Å². The monoisotopic (exact) mass is 387 g/mol. The van der Waals surface area contributed by atoms with Crippen molar-refractivity contribution in [3.8, 4) is 5.75 Å². The summed E-state index contributed by atoms with van der Waals surface area (Å²) in [5, 5.41) is 3.19. The first-order valence-electron chi connectivity index (χ1n) is 8.18. The molecular formula is C20H22BrNO2. The highest BCUT2D eigenvalue weighted by molar-refractivity contribution is 9.10. The van der Waals surface area contributed by atoms with Gasteiger partial charge in [-0.15, -0.1) is 0 Å². The first-order valence-corrected chi connectivity index (χ1v) is 8.97. The first-order chi connectivity index (χ1) is 11.5. The highest BCUT2D eigenvalue weighted by Crippen LogP contribution is 2.51. The van der Waals surface area contributed by atoms with E-state index in [1.165, 1.54) is 5.56 Å². The molecule has 2 aromatic carbocycles. The fourth-order valence-electron chi connectivity index (χ4n) is 3.33. The second-order valence-corrected chi connectivity index (χ2v) is 7.46. The smallest absolute Gasteiger partial charge is 0.251 e. The molecule has 0 radical (unpaired) electrons. The van der Waals surface area contributed by atoms with Crippen molar-refractivity contribution in [3.63, 3.8) is 0 Å². The Hall–Kier alpha value is -1.81. The Morgan fingerprint density at radius 2 is 1.88 bits per heavy atom. The molecule has 1 unspecified atom stereocenters. The van der Waals surface area contributed by atoms with Gasteiger partial charge in [-0.1, -0.05) is 28.1 Å². The second-order valence-electron chi connectivity index (χ2n) is 6.54. The van der Waals surface area contributed by atoms with E-state index in [1.807, 2.05) is 25.1 Å². The van der Waals surface area contributed by atoms with Crippen molar-refractivity contribution >= 4 is 21.8 Å². The Balaban J connectivity index is 1.74. The average molecular weight is 388 g/mol. The molecule has 0 saturated heterocycles. The highest BCUT2D eigenvalue weighted by atomic mass is 79.9. The molecule has 0 spiro atoms. The predicted molar refractivity (Wildman–Crippen MR) is 99.7 cm³/mol. The van der Waals surface area contributed by atoms with Crippen LogP contribution in [0.5, 0.6) is 5.75 Å². The van der Waals surface area contributed by atoms with E-state index in [1.54, 1.807) is 7.11 Å². The van der Waals surface area contributed by atoms with Crippen LogP contribution in [0.3, 0.4) is 0 Å². The number of ether oxygens (including phenoxy) is 1. The molecular weight excluding hydrogens is 366 g/mol. The van der Waals surface area contributed by atoms with E-state index in [4.69, 9.17) is 4.74 Å². The van der Waals surface area contributed by atoms with Crippen LogP contribution in [0.25, 0.3) is 0 Å². The molecule has 0 heterocycles. The number of benzene rings is 2. The fourth-order valence-corrected chi connectivity index (χ4v) is 3.59. The molecule has 3 rings (SSSR count). The molecule has 1 aliphatic carbocycles. The molecule has 126 valence electrons. The number of hydrogen-bond donors (Lipinski definition) is 1. The third-order valence-corrected chi connectivity index (χ3v) is 5.57. The topological polar surface area (TPSA) is 38.3 Å². The number of amides is 1. The highest BCUT2D eigenvalue weighted by Gasteiger charge is 2.49. The van der Waals surface area contributed by atoms with E-state index in [-0.39, 0.29) is 17.4 Å². The predicted octanol–water partition coefficient (Wildman–Crippen LogP) is 4.62. The molecule has 1 atom stereocenters. The van der Waals surface area contributed by atoms with E-state index >= 15 is 0 Å². The zero-order valence-electron chi connectivity index (χ0n) is 14.2. The van der Waals surface area contributed by atoms with Crippen LogP contribution in [0, 0.1) is 6.92 Å². The molecule has 1 aliphatic rings. The summed E-state index contributed by atoms with van der Waals surface area (Å²) in [5.74, 6) is 0.768. The number of hydrogen-bond acceptors (Lipinski definition) is 2. The Morgan fingerprint density at radius 1 is 1.21 bits per heavy atom. The Kier molecular flexibility index (Phi) is 4.68. The zero-order valence-corrected chi connectivity index (χ0v) is 15.8. The Bertz CT molecular complexity index is 751. The van der Waals surface area contributed by atoms with Gasteiger partial charge in [0.2, 0.25) is 0 Å². The summed E-state index contributed by atoms with van der Waals surface area (Å²) in [5.41, 5.74) is 3.00. The Labute approximate surface area is 151 Å². The summed E-state index contributed by atoms with van der Waals surface area (Å²) in [4.78, 5) is 12.6. The summed E-state index contributed by atoms with van der Waals surface area (Å²) in [6.07, 6.45) is 2.22. The number of carbonyl (C=O) groups excluding carboxylic acids is 1. The lowest BCUT2D eigenvalue weighted by Gasteiger charge is -2.25. The number of methoxy groups -OCH3 is 1. The van der Waals surface area contributed by atoms with Gasteiger partial charge in [0.25, 0.3) is 5.91 Å². The van der Waals surface area contributed by atoms with Crippen LogP contribution < -0.4 is 10.1 Å². The van der Waals surface area contributed by atoms with Crippen molar-refractivity contribution in [1.82, 2.24) is 5.32 Å². The molecule has 2 aromatic rings. The van der Waals surface area contributed by atoms with Gasteiger partial charge < -0.3 is 10.1 Å². The maximum absolute atomic E-state index is 12.6. The van der Waals surface area contributed by atoms with Gasteiger partial charge in [-0.05, 0) is 68.1 Å². The summed E-state index contributed by atoms with van der Waals surface area (Å²) in [6, 6.07) is 14.1. The summed E-state index contributed by atoms with van der Waals surface area (Å²) >= 11 is 3.48. The van der Waals surface area contributed by atoms with Crippen LogP contribution in [0.1, 0.15) is 41.3 Å². The standard InChI is InChI=1S/C20H22BrNO2/c1-13-12-15(4-9-18(13)24-3)19(23)22-14(2)20(10-11-20)16-5-7-17(21)8-6-16/h4-9,12,14H,10-11H2,1-3H3,(H,22,23). The third kappa shape index (κ3) is 3.20. The van der Waals surface area contributed by atoms with Gasteiger partial charge in [-0.2, -0.15) is 0 Å². The molecule has 0 aliphatic heterocycles. The molecule has 4 heteroatoms. The largest absolute Gasteiger partial charge is 0.496 e. The first kappa shape index (κ1) is 17.0. The van der Waals surface area contributed by atoms with Crippen molar-refractivity contribution in [2.75, 3.05) is 7.11 Å². The van der Waals surface area contributed by atoms with Crippen LogP contribution in [-0.2, 0) is 5.41 Å². The number of nitrogens with one attached hydrogen (secondary N) is 1. The minimum Gasteiger partial charge on any atom is -0.496 e. The van der Waals surface area contributed by atoms with Crippen molar-refractivity contribution in [3.05, 3.63) is 63.6 Å². The summed E-state index contributed by atoms with van der Waals surface area (Å²) in [7, 11) is 1.64. The van der Waals surface area contributed by atoms with Crippen LogP contribution in [0.2, 0.25) is 0 Å². The molecule has 1 N–H and O–H groups in total. The molecule has 0 aromatic heterocycles. The van der Waals surface area contributed by atoms with Gasteiger partial charge >= 0.3 is 0 Å². The SMILES string of the molecule is COc1ccc(C(=O)NC(C)C2(c3ccc(Br)cc3)CC2)cc1C. The number of rotatable bonds is 5. The molecule has 0 bridgehead atoms. The van der Waals surface area contributed by atoms with Gasteiger partial charge in [0.15, 0.2) is 0 Å². The summed E-state index contributed by atoms with van der Waals surface area (Å²) in [6.45, 7) is 4.05. The quantitative estimate of drug-likeness (QED) is 0.812. The van der Waals surface area contributed by atoms with Crippen LogP contribution >= 0.6 is 15.9 Å². The van der Waals surface area contributed by atoms with Crippen molar-refractivity contribution in [1.29, 1.82) is 0 Å². The number of aryl methyl sites for hydroxylation is 1. The van der Waals surface area contributed by atoms with Crippen molar-refractivity contribution in [2.24, 2.45) is 0 Å².